The van der Waals surface area contributed by atoms with Gasteiger partial charge in [-0.15, -0.1) is 0 Å². The molecule has 138 valence electrons. The van der Waals surface area contributed by atoms with E-state index in [0.717, 1.165) is 41.6 Å². The van der Waals surface area contributed by atoms with Crippen molar-refractivity contribution < 1.29 is 9.32 Å². The molecule has 2 aromatic heterocycles. The number of pyridine rings is 1. The van der Waals surface area contributed by atoms with E-state index in [1.54, 1.807) is 6.20 Å². The Hall–Kier alpha value is -2.60. The zero-order valence-electron chi connectivity index (χ0n) is 15.4. The van der Waals surface area contributed by atoms with Gasteiger partial charge < -0.3 is 9.42 Å². The maximum Gasteiger partial charge on any atom is 0.261 e. The number of aryl methyl sites for hydroxylation is 3. The van der Waals surface area contributed by atoms with Crippen molar-refractivity contribution in [3.63, 3.8) is 0 Å². The molecule has 0 radical (unpaired) electrons. The molecule has 0 saturated heterocycles. The van der Waals surface area contributed by atoms with Crippen LogP contribution in [0.15, 0.2) is 52.1 Å². The molecule has 3 heterocycles. The van der Waals surface area contributed by atoms with Gasteiger partial charge in [0.05, 0.1) is 11.3 Å². The van der Waals surface area contributed by atoms with Gasteiger partial charge in [0.1, 0.15) is 10.8 Å². The van der Waals surface area contributed by atoms with Crippen LogP contribution in [0.1, 0.15) is 39.4 Å². The first-order valence-electron chi connectivity index (χ1n) is 9.03. The van der Waals surface area contributed by atoms with Crippen LogP contribution in [0.25, 0.3) is 0 Å². The van der Waals surface area contributed by atoms with Crippen LogP contribution in [0.3, 0.4) is 0 Å². The second-order valence-electron chi connectivity index (χ2n) is 6.77. The Morgan fingerprint density at radius 3 is 2.96 bits per heavy atom. The number of hydrogen-bond donors (Lipinski definition) is 0. The lowest BCUT2D eigenvalue weighted by atomic mass is 9.99. The second kappa shape index (κ2) is 7.56. The summed E-state index contributed by atoms with van der Waals surface area (Å²) < 4.78 is 5.12. The number of benzene rings is 1. The molecule has 1 aromatic carbocycles. The van der Waals surface area contributed by atoms with Crippen molar-refractivity contribution in [2.24, 2.45) is 0 Å². The van der Waals surface area contributed by atoms with Crippen molar-refractivity contribution >= 4 is 23.4 Å². The van der Waals surface area contributed by atoms with Gasteiger partial charge in [0.25, 0.3) is 5.91 Å². The molecule has 5 nitrogen and oxygen atoms in total. The van der Waals surface area contributed by atoms with Gasteiger partial charge in [-0.3, -0.25) is 4.79 Å². The Balaban J connectivity index is 1.60. The van der Waals surface area contributed by atoms with Crippen LogP contribution in [-0.2, 0) is 12.2 Å². The average molecular weight is 379 g/mol. The lowest BCUT2D eigenvalue weighted by Gasteiger charge is -2.30. The molecule has 0 aliphatic carbocycles. The smallest absolute Gasteiger partial charge is 0.261 e. The molecule has 0 bridgehead atoms. The predicted octanol–water partition coefficient (Wildman–Crippen LogP) is 4.57. The summed E-state index contributed by atoms with van der Waals surface area (Å²) in [7, 11) is 0. The Morgan fingerprint density at radius 1 is 1.26 bits per heavy atom. The summed E-state index contributed by atoms with van der Waals surface area (Å²) >= 11 is 1.51. The highest BCUT2D eigenvalue weighted by Crippen LogP contribution is 2.31. The number of hydrogen-bond acceptors (Lipinski definition) is 5. The first-order valence-corrected chi connectivity index (χ1v) is 10.0. The van der Waals surface area contributed by atoms with Crippen LogP contribution < -0.4 is 4.90 Å². The van der Waals surface area contributed by atoms with Crippen molar-refractivity contribution in [3.05, 3.63) is 70.7 Å². The van der Waals surface area contributed by atoms with Crippen molar-refractivity contribution in [1.29, 1.82) is 0 Å². The van der Waals surface area contributed by atoms with Crippen LogP contribution in [0, 0.1) is 13.8 Å². The van der Waals surface area contributed by atoms with Crippen molar-refractivity contribution in [3.8, 4) is 0 Å². The maximum atomic E-state index is 13.3. The fourth-order valence-corrected chi connectivity index (χ4v) is 4.25. The molecule has 1 amide bonds. The lowest BCUT2D eigenvalue weighted by Crippen LogP contribution is -2.35. The van der Waals surface area contributed by atoms with E-state index in [1.165, 1.54) is 22.9 Å². The molecule has 0 fully saturated rings. The Bertz CT molecular complexity index is 983. The number of carbonyl (C=O) groups excluding carboxylic acids is 1. The summed E-state index contributed by atoms with van der Waals surface area (Å²) in [6.07, 6.45) is 3.71. The predicted molar refractivity (Wildman–Crippen MR) is 106 cm³/mol. The molecule has 1 aliphatic rings. The number of carbonyl (C=O) groups is 1. The number of amides is 1. The molecule has 0 saturated carbocycles. The largest absolute Gasteiger partial charge is 0.361 e. The molecular weight excluding hydrogens is 358 g/mol. The number of anilines is 1. The zero-order valence-corrected chi connectivity index (χ0v) is 16.3. The summed E-state index contributed by atoms with van der Waals surface area (Å²) in [6.45, 7) is 4.69. The first-order chi connectivity index (χ1) is 13.1. The van der Waals surface area contributed by atoms with Gasteiger partial charge in [0.2, 0.25) is 0 Å². The fraction of sp³-hybridized carbons (Fsp3) is 0.286. The zero-order chi connectivity index (χ0) is 18.8. The summed E-state index contributed by atoms with van der Waals surface area (Å²) in [6, 6.07) is 11.9. The van der Waals surface area contributed by atoms with Crippen LogP contribution >= 0.6 is 11.8 Å². The van der Waals surface area contributed by atoms with Crippen LogP contribution in [0.5, 0.6) is 0 Å². The van der Waals surface area contributed by atoms with E-state index < -0.39 is 0 Å². The summed E-state index contributed by atoms with van der Waals surface area (Å²) in [5, 5.41) is 4.74. The SMILES string of the molecule is Cc1ccc2c(c1)CCCN2C(=O)c1cccnc1SCc1cc(C)on1. The van der Waals surface area contributed by atoms with E-state index in [4.69, 9.17) is 4.52 Å². The Morgan fingerprint density at radius 2 is 2.15 bits per heavy atom. The van der Waals surface area contributed by atoms with Gasteiger partial charge >= 0.3 is 0 Å². The molecular formula is C21H21N3O2S. The number of thioether (sulfide) groups is 1. The van der Waals surface area contributed by atoms with E-state index in [2.05, 4.69) is 35.3 Å². The van der Waals surface area contributed by atoms with E-state index in [-0.39, 0.29) is 5.91 Å². The number of rotatable bonds is 4. The molecule has 0 unspecified atom stereocenters. The minimum atomic E-state index is 0.00624. The van der Waals surface area contributed by atoms with E-state index in [0.29, 0.717) is 11.3 Å². The Kier molecular flexibility index (Phi) is 4.99. The quantitative estimate of drug-likeness (QED) is 0.622. The highest BCUT2D eigenvalue weighted by atomic mass is 32.2. The number of aromatic nitrogens is 2. The highest BCUT2D eigenvalue weighted by molar-refractivity contribution is 7.98. The van der Waals surface area contributed by atoms with Crippen molar-refractivity contribution in [2.45, 2.75) is 37.5 Å². The number of fused-ring (bicyclic) bond motifs is 1. The molecule has 0 atom stereocenters. The van der Waals surface area contributed by atoms with E-state index in [1.807, 2.05) is 30.0 Å². The van der Waals surface area contributed by atoms with E-state index in [9.17, 15) is 4.79 Å². The second-order valence-corrected chi connectivity index (χ2v) is 7.73. The minimum absolute atomic E-state index is 0.00624. The third-order valence-corrected chi connectivity index (χ3v) is 5.67. The van der Waals surface area contributed by atoms with Crippen molar-refractivity contribution in [2.75, 3.05) is 11.4 Å². The standard InChI is InChI=1S/C21H21N3O2S/c1-14-7-8-19-16(11-14)5-4-10-24(19)21(25)18-6-3-9-22-20(18)27-13-17-12-15(2)26-23-17/h3,6-9,11-12H,4-5,10,13H2,1-2H3. The van der Waals surface area contributed by atoms with Gasteiger partial charge in [-0.25, -0.2) is 4.98 Å². The maximum absolute atomic E-state index is 13.3. The molecule has 1 aliphatic heterocycles. The van der Waals surface area contributed by atoms with E-state index >= 15 is 0 Å². The normalized spacial score (nSPS) is 13.5. The third kappa shape index (κ3) is 3.76. The number of nitrogens with zero attached hydrogens (tertiary/aromatic N) is 3. The molecule has 4 rings (SSSR count). The van der Waals surface area contributed by atoms with Crippen LogP contribution in [0.2, 0.25) is 0 Å². The summed E-state index contributed by atoms with van der Waals surface area (Å²) in [5.41, 5.74) is 4.97. The van der Waals surface area contributed by atoms with Crippen LogP contribution in [-0.4, -0.2) is 22.6 Å². The van der Waals surface area contributed by atoms with Gasteiger partial charge in [-0.1, -0.05) is 34.6 Å². The van der Waals surface area contributed by atoms with Crippen LogP contribution in [0.4, 0.5) is 5.69 Å². The highest BCUT2D eigenvalue weighted by Gasteiger charge is 2.25. The monoisotopic (exact) mass is 379 g/mol. The van der Waals surface area contributed by atoms with Crippen molar-refractivity contribution in [1.82, 2.24) is 10.1 Å². The average Bonchev–Trinajstić information content (AvgIpc) is 3.10. The first kappa shape index (κ1) is 17.8. The molecule has 0 N–H and O–H groups in total. The summed E-state index contributed by atoms with van der Waals surface area (Å²) in [4.78, 5) is 19.7. The van der Waals surface area contributed by atoms with Gasteiger partial charge in [0, 0.05) is 30.2 Å². The minimum Gasteiger partial charge on any atom is -0.361 e. The fourth-order valence-electron chi connectivity index (χ4n) is 3.38. The van der Waals surface area contributed by atoms with Gasteiger partial charge in [0.15, 0.2) is 0 Å². The summed E-state index contributed by atoms with van der Waals surface area (Å²) in [5.74, 6) is 1.40. The van der Waals surface area contributed by atoms with Gasteiger partial charge in [-0.05, 0) is 50.5 Å². The third-order valence-electron chi connectivity index (χ3n) is 4.63. The molecule has 3 aromatic rings. The molecule has 6 heteroatoms. The molecule has 0 spiro atoms. The van der Waals surface area contributed by atoms with Gasteiger partial charge in [-0.2, -0.15) is 0 Å². The molecule has 27 heavy (non-hydrogen) atoms. The topological polar surface area (TPSA) is 59.2 Å². The Labute approximate surface area is 162 Å². The lowest BCUT2D eigenvalue weighted by molar-refractivity contribution is 0.0981.